The predicted octanol–water partition coefficient (Wildman–Crippen LogP) is 1.58. The molecule has 1 aliphatic heterocycles. The maximum absolute atomic E-state index is 11.7. The lowest BCUT2D eigenvalue weighted by atomic mass is 10.2. The number of thioether (sulfide) groups is 1. The third-order valence-electron chi connectivity index (χ3n) is 3.01. The van der Waals surface area contributed by atoms with E-state index >= 15 is 0 Å². The maximum Gasteiger partial charge on any atom is 0.269 e. The summed E-state index contributed by atoms with van der Waals surface area (Å²) in [7, 11) is 0. The van der Waals surface area contributed by atoms with E-state index in [0.717, 1.165) is 0 Å². The summed E-state index contributed by atoms with van der Waals surface area (Å²) in [6.45, 7) is 0.650. The number of carbonyl (C=O) groups is 2. The molecule has 0 atom stereocenters. The highest BCUT2D eigenvalue weighted by Gasteiger charge is 2.25. The largest absolute Gasteiger partial charge is 0.351 e. The standard InChI is InChI=1S/C14H13N3O4S2/c18-12(15-7-8-16-13(19)9-23-14(16)22)6-3-10-1-4-11(5-2-10)17(20)21/h1-6H,7-9H2,(H,15,18)/b6-3+. The molecule has 23 heavy (non-hydrogen) atoms. The van der Waals surface area contributed by atoms with Gasteiger partial charge in [0.1, 0.15) is 4.32 Å². The smallest absolute Gasteiger partial charge is 0.269 e. The molecular weight excluding hydrogens is 338 g/mol. The summed E-state index contributed by atoms with van der Waals surface area (Å²) in [5, 5.41) is 13.2. The molecule has 2 amide bonds. The number of rotatable bonds is 6. The number of non-ortho nitro benzene ring substituents is 1. The van der Waals surface area contributed by atoms with Gasteiger partial charge >= 0.3 is 0 Å². The van der Waals surface area contributed by atoms with Gasteiger partial charge in [-0.3, -0.25) is 24.6 Å². The molecule has 1 aliphatic rings. The third kappa shape index (κ3) is 4.86. The highest BCUT2D eigenvalue weighted by atomic mass is 32.2. The zero-order valence-electron chi connectivity index (χ0n) is 11.9. The average molecular weight is 351 g/mol. The third-order valence-corrected chi connectivity index (χ3v) is 4.44. The van der Waals surface area contributed by atoms with Gasteiger partial charge in [-0.1, -0.05) is 24.0 Å². The van der Waals surface area contributed by atoms with Gasteiger partial charge in [0, 0.05) is 31.3 Å². The molecule has 0 spiro atoms. The highest BCUT2D eigenvalue weighted by molar-refractivity contribution is 8.23. The number of nitrogens with one attached hydrogen (secondary N) is 1. The number of nitro benzene ring substituents is 1. The Labute approximate surface area is 141 Å². The Balaban J connectivity index is 1.79. The molecule has 0 saturated carbocycles. The second kappa shape index (κ2) is 7.84. The monoisotopic (exact) mass is 351 g/mol. The molecule has 1 saturated heterocycles. The molecule has 120 valence electrons. The summed E-state index contributed by atoms with van der Waals surface area (Å²) in [5.74, 6) is -0.00319. The van der Waals surface area contributed by atoms with Crippen LogP contribution in [-0.2, 0) is 9.59 Å². The van der Waals surface area contributed by atoms with Gasteiger partial charge in [-0.2, -0.15) is 0 Å². The van der Waals surface area contributed by atoms with E-state index in [2.05, 4.69) is 5.32 Å². The number of nitrogens with zero attached hydrogens (tertiary/aromatic N) is 2. The van der Waals surface area contributed by atoms with Crippen LogP contribution in [0, 0.1) is 10.1 Å². The van der Waals surface area contributed by atoms with Gasteiger partial charge in [-0.15, -0.1) is 0 Å². The van der Waals surface area contributed by atoms with E-state index in [-0.39, 0.29) is 17.5 Å². The Morgan fingerprint density at radius 2 is 2.13 bits per heavy atom. The number of nitro groups is 1. The molecule has 0 bridgehead atoms. The van der Waals surface area contributed by atoms with Crippen molar-refractivity contribution in [2.75, 3.05) is 18.8 Å². The second-order valence-corrected chi connectivity index (χ2v) is 6.18. The first-order chi connectivity index (χ1) is 11.0. The van der Waals surface area contributed by atoms with E-state index in [0.29, 0.717) is 28.7 Å². The van der Waals surface area contributed by atoms with Crippen molar-refractivity contribution in [3.8, 4) is 0 Å². The molecule has 1 aromatic rings. The first kappa shape index (κ1) is 17.1. The lowest BCUT2D eigenvalue weighted by Gasteiger charge is -2.14. The molecule has 9 heteroatoms. The molecule has 0 radical (unpaired) electrons. The number of benzene rings is 1. The normalized spacial score (nSPS) is 14.5. The zero-order valence-corrected chi connectivity index (χ0v) is 13.6. The van der Waals surface area contributed by atoms with Gasteiger partial charge in [-0.05, 0) is 23.8 Å². The van der Waals surface area contributed by atoms with Crippen LogP contribution < -0.4 is 5.32 Å². The van der Waals surface area contributed by atoms with E-state index in [1.807, 2.05) is 0 Å². The fourth-order valence-corrected chi connectivity index (χ4v) is 2.95. The number of amides is 2. The summed E-state index contributed by atoms with van der Waals surface area (Å²) in [6, 6.07) is 5.85. The zero-order chi connectivity index (χ0) is 16.8. The second-order valence-electron chi connectivity index (χ2n) is 4.57. The van der Waals surface area contributed by atoms with Crippen LogP contribution in [0.25, 0.3) is 6.08 Å². The Morgan fingerprint density at radius 1 is 1.43 bits per heavy atom. The molecule has 2 rings (SSSR count). The quantitative estimate of drug-likeness (QED) is 0.362. The SMILES string of the molecule is O=C(/C=C/c1ccc([N+](=O)[O-])cc1)NCCN1C(=O)CSC1=S. The van der Waals surface area contributed by atoms with Gasteiger partial charge in [0.2, 0.25) is 11.8 Å². The molecule has 0 aromatic heterocycles. The summed E-state index contributed by atoms with van der Waals surface area (Å²) in [4.78, 5) is 34.7. The van der Waals surface area contributed by atoms with Gasteiger partial charge in [0.05, 0.1) is 10.7 Å². The van der Waals surface area contributed by atoms with Crippen molar-refractivity contribution >= 4 is 51.9 Å². The first-order valence-electron chi connectivity index (χ1n) is 6.65. The molecule has 1 aromatic carbocycles. The number of hydrogen-bond acceptors (Lipinski definition) is 6. The van der Waals surface area contributed by atoms with Crippen molar-refractivity contribution in [1.29, 1.82) is 0 Å². The molecule has 1 heterocycles. The van der Waals surface area contributed by atoms with E-state index in [4.69, 9.17) is 12.2 Å². The van der Waals surface area contributed by atoms with Crippen LogP contribution in [0.15, 0.2) is 30.3 Å². The minimum atomic E-state index is -0.484. The fourth-order valence-electron chi connectivity index (χ4n) is 1.83. The van der Waals surface area contributed by atoms with Crippen molar-refractivity contribution < 1.29 is 14.5 Å². The number of thiocarbonyl (C=S) groups is 1. The topological polar surface area (TPSA) is 92.5 Å². The summed E-state index contributed by atoms with van der Waals surface area (Å²) in [5.41, 5.74) is 0.675. The van der Waals surface area contributed by atoms with E-state index in [1.54, 1.807) is 18.2 Å². The summed E-state index contributed by atoms with van der Waals surface area (Å²) in [6.07, 6.45) is 2.89. The number of carbonyl (C=O) groups excluding carboxylic acids is 2. The Bertz CT molecular complexity index is 657. The van der Waals surface area contributed by atoms with Crippen LogP contribution in [-0.4, -0.2) is 44.8 Å². The Hall–Kier alpha value is -2.26. The number of hydrogen-bond donors (Lipinski definition) is 1. The molecule has 7 nitrogen and oxygen atoms in total. The molecular formula is C14H13N3O4S2. The summed E-state index contributed by atoms with van der Waals surface area (Å²) >= 11 is 6.35. The molecule has 1 fully saturated rings. The van der Waals surface area contributed by atoms with Crippen molar-refractivity contribution in [2.24, 2.45) is 0 Å². The van der Waals surface area contributed by atoms with Crippen LogP contribution in [0.1, 0.15) is 5.56 Å². The minimum absolute atomic E-state index is 0.00396. The van der Waals surface area contributed by atoms with Crippen molar-refractivity contribution in [1.82, 2.24) is 10.2 Å². The van der Waals surface area contributed by atoms with Gasteiger partial charge < -0.3 is 5.32 Å². The Kier molecular flexibility index (Phi) is 5.83. The minimum Gasteiger partial charge on any atom is -0.351 e. The van der Waals surface area contributed by atoms with Crippen molar-refractivity contribution in [2.45, 2.75) is 0 Å². The van der Waals surface area contributed by atoms with Crippen LogP contribution in [0.5, 0.6) is 0 Å². The van der Waals surface area contributed by atoms with Crippen LogP contribution in [0.3, 0.4) is 0 Å². The predicted molar refractivity (Wildman–Crippen MR) is 91.9 cm³/mol. The van der Waals surface area contributed by atoms with Crippen LogP contribution in [0.4, 0.5) is 5.69 Å². The van der Waals surface area contributed by atoms with Gasteiger partial charge in [0.25, 0.3) is 5.69 Å². The van der Waals surface area contributed by atoms with E-state index < -0.39 is 4.92 Å². The molecule has 0 aliphatic carbocycles. The lowest BCUT2D eigenvalue weighted by molar-refractivity contribution is -0.384. The average Bonchev–Trinajstić information content (AvgIpc) is 2.85. The fraction of sp³-hybridized carbons (Fsp3) is 0.214. The molecule has 1 N–H and O–H groups in total. The Morgan fingerprint density at radius 3 is 2.70 bits per heavy atom. The first-order valence-corrected chi connectivity index (χ1v) is 8.04. The lowest BCUT2D eigenvalue weighted by Crippen LogP contribution is -2.36. The highest BCUT2D eigenvalue weighted by Crippen LogP contribution is 2.18. The molecule has 0 unspecified atom stereocenters. The van der Waals surface area contributed by atoms with Crippen molar-refractivity contribution in [3.63, 3.8) is 0 Å². The van der Waals surface area contributed by atoms with Crippen molar-refractivity contribution in [3.05, 3.63) is 46.0 Å². The van der Waals surface area contributed by atoms with Crippen LogP contribution >= 0.6 is 24.0 Å². The summed E-state index contributed by atoms with van der Waals surface area (Å²) < 4.78 is 0.533. The van der Waals surface area contributed by atoms with E-state index in [9.17, 15) is 19.7 Å². The van der Waals surface area contributed by atoms with Gasteiger partial charge in [-0.25, -0.2) is 0 Å². The van der Waals surface area contributed by atoms with Crippen LogP contribution in [0.2, 0.25) is 0 Å². The van der Waals surface area contributed by atoms with Gasteiger partial charge in [0.15, 0.2) is 0 Å². The van der Waals surface area contributed by atoms with E-state index in [1.165, 1.54) is 34.9 Å². The maximum atomic E-state index is 11.7.